The number of nitriles is 1. The molecule has 4 rings (SSSR count). The number of allylic oxidation sites excluding steroid dienone is 3. The van der Waals surface area contributed by atoms with Crippen LogP contribution in [-0.2, 0) is 16.1 Å². The molecule has 0 amide bonds. The highest BCUT2D eigenvalue weighted by atomic mass is 32.1. The zero-order chi connectivity index (χ0) is 22.3. The van der Waals surface area contributed by atoms with Gasteiger partial charge in [0.05, 0.1) is 5.92 Å². The van der Waals surface area contributed by atoms with Gasteiger partial charge in [0, 0.05) is 33.7 Å². The second kappa shape index (κ2) is 7.86. The summed E-state index contributed by atoms with van der Waals surface area (Å²) in [6.45, 7) is 6.31. The molecule has 0 fully saturated rings. The molecule has 7 heteroatoms. The highest BCUT2D eigenvalue weighted by Crippen LogP contribution is 2.49. The molecule has 31 heavy (non-hydrogen) atoms. The summed E-state index contributed by atoms with van der Waals surface area (Å²) in [6.07, 6.45) is 0.990. The molecular weight excluding hydrogens is 415 g/mol. The summed E-state index contributed by atoms with van der Waals surface area (Å²) in [5.41, 5.74) is 7.62. The number of thiophene rings is 1. The molecule has 2 N–H and O–H groups in total. The molecule has 1 aromatic carbocycles. The topological polar surface area (TPSA) is 85.3 Å². The Balaban J connectivity index is 1.68. The zero-order valence-electron chi connectivity index (χ0n) is 17.6. The van der Waals surface area contributed by atoms with Crippen molar-refractivity contribution in [2.75, 3.05) is 0 Å². The Morgan fingerprint density at radius 2 is 2.03 bits per heavy atom. The van der Waals surface area contributed by atoms with Gasteiger partial charge in [-0.1, -0.05) is 13.8 Å². The van der Waals surface area contributed by atoms with E-state index in [-0.39, 0.29) is 28.5 Å². The third kappa shape index (κ3) is 4.08. The molecule has 2 aliphatic rings. The summed E-state index contributed by atoms with van der Waals surface area (Å²) in [5.74, 6) is 0.340. The second-order valence-corrected chi connectivity index (χ2v) is 9.96. The summed E-state index contributed by atoms with van der Waals surface area (Å²) in [6, 6.07) is 9.96. The van der Waals surface area contributed by atoms with E-state index in [1.54, 1.807) is 12.1 Å². The Labute approximate surface area is 184 Å². The fourth-order valence-electron chi connectivity index (χ4n) is 4.09. The van der Waals surface area contributed by atoms with E-state index in [2.05, 4.69) is 6.07 Å². The molecule has 2 heterocycles. The van der Waals surface area contributed by atoms with E-state index >= 15 is 0 Å². The number of nitrogens with zero attached hydrogens (tertiary/aromatic N) is 1. The standard InChI is InChI=1S/C24H23FN2O3S/c1-13-14(12-29-16-6-4-15(25)5-7-16)8-20(31-13)21-17(11-26)23(27)30-19-10-24(2,3)9-18(28)22(19)21/h4-8,21H,9-10,12,27H2,1-3H3/t21-/m0/s1. The van der Waals surface area contributed by atoms with Crippen LogP contribution in [0.25, 0.3) is 0 Å². The number of carbonyl (C=O) groups is 1. The third-order valence-electron chi connectivity index (χ3n) is 5.61. The molecule has 1 aromatic heterocycles. The van der Waals surface area contributed by atoms with Crippen molar-refractivity contribution in [1.29, 1.82) is 5.26 Å². The van der Waals surface area contributed by atoms with Crippen molar-refractivity contribution in [3.8, 4) is 11.8 Å². The predicted octanol–water partition coefficient (Wildman–Crippen LogP) is 5.23. The highest BCUT2D eigenvalue weighted by Gasteiger charge is 2.43. The van der Waals surface area contributed by atoms with Crippen LogP contribution >= 0.6 is 11.3 Å². The van der Waals surface area contributed by atoms with Crippen LogP contribution in [0.3, 0.4) is 0 Å². The number of ether oxygens (including phenoxy) is 2. The monoisotopic (exact) mass is 438 g/mol. The van der Waals surface area contributed by atoms with Gasteiger partial charge in [-0.2, -0.15) is 5.26 Å². The van der Waals surface area contributed by atoms with Crippen LogP contribution < -0.4 is 10.5 Å². The minimum atomic E-state index is -0.527. The second-order valence-electron chi connectivity index (χ2n) is 8.68. The first-order chi connectivity index (χ1) is 14.7. The minimum absolute atomic E-state index is 0.00772. The normalized spacial score (nSPS) is 20.2. The molecule has 1 aliphatic carbocycles. The van der Waals surface area contributed by atoms with Crippen LogP contribution in [0.5, 0.6) is 5.75 Å². The van der Waals surface area contributed by atoms with Gasteiger partial charge in [-0.15, -0.1) is 11.3 Å². The van der Waals surface area contributed by atoms with Gasteiger partial charge in [0.1, 0.15) is 35.6 Å². The molecule has 2 aromatic rings. The van der Waals surface area contributed by atoms with E-state index in [0.29, 0.717) is 36.5 Å². The zero-order valence-corrected chi connectivity index (χ0v) is 18.4. The van der Waals surface area contributed by atoms with Crippen LogP contribution in [0.15, 0.2) is 53.1 Å². The largest absolute Gasteiger partial charge is 0.489 e. The Morgan fingerprint density at radius 3 is 2.71 bits per heavy atom. The van der Waals surface area contributed by atoms with Gasteiger partial charge in [-0.3, -0.25) is 4.79 Å². The fraction of sp³-hybridized carbons (Fsp3) is 0.333. The van der Waals surface area contributed by atoms with Crippen LogP contribution in [0.1, 0.15) is 47.9 Å². The van der Waals surface area contributed by atoms with Gasteiger partial charge in [-0.25, -0.2) is 4.39 Å². The maximum atomic E-state index is 13.1. The van der Waals surface area contributed by atoms with Crippen molar-refractivity contribution < 1.29 is 18.7 Å². The Hall–Kier alpha value is -3.11. The molecule has 1 atom stereocenters. The molecule has 5 nitrogen and oxygen atoms in total. The Bertz CT molecular complexity index is 1150. The number of nitrogens with two attached hydrogens (primary N) is 1. The Kier molecular flexibility index (Phi) is 5.36. The lowest BCUT2D eigenvalue weighted by molar-refractivity contribution is -0.119. The lowest BCUT2D eigenvalue weighted by Gasteiger charge is -2.36. The number of rotatable bonds is 4. The SMILES string of the molecule is Cc1sc([C@@H]2C(C#N)=C(N)OC3=C2C(=O)CC(C)(C)C3)cc1COc1ccc(F)cc1. The van der Waals surface area contributed by atoms with E-state index in [4.69, 9.17) is 15.2 Å². The van der Waals surface area contributed by atoms with E-state index in [1.165, 1.54) is 23.5 Å². The molecule has 160 valence electrons. The first-order valence-corrected chi connectivity index (χ1v) is 10.8. The molecular formula is C24H23FN2O3S. The average Bonchev–Trinajstić information content (AvgIpc) is 3.06. The summed E-state index contributed by atoms with van der Waals surface area (Å²) in [7, 11) is 0. The number of halogens is 1. The number of hydrogen-bond acceptors (Lipinski definition) is 6. The van der Waals surface area contributed by atoms with Gasteiger partial charge in [0.2, 0.25) is 5.88 Å². The van der Waals surface area contributed by atoms with E-state index in [9.17, 15) is 14.4 Å². The van der Waals surface area contributed by atoms with Gasteiger partial charge in [0.25, 0.3) is 0 Å². The van der Waals surface area contributed by atoms with Crippen LogP contribution in [0, 0.1) is 29.5 Å². The number of hydrogen-bond donors (Lipinski definition) is 1. The highest BCUT2D eigenvalue weighted by molar-refractivity contribution is 7.12. The lowest BCUT2D eigenvalue weighted by Crippen LogP contribution is -2.33. The number of benzene rings is 1. The van der Waals surface area contributed by atoms with Gasteiger partial charge in [-0.05, 0) is 42.7 Å². The predicted molar refractivity (Wildman–Crippen MR) is 115 cm³/mol. The van der Waals surface area contributed by atoms with E-state index in [0.717, 1.165) is 15.3 Å². The van der Waals surface area contributed by atoms with Crippen molar-refractivity contribution in [1.82, 2.24) is 0 Å². The van der Waals surface area contributed by atoms with Gasteiger partial charge >= 0.3 is 0 Å². The van der Waals surface area contributed by atoms with Crippen LogP contribution in [0.4, 0.5) is 4.39 Å². The number of Topliss-reactive ketones (excluding diaryl/α,β-unsaturated/α-hetero) is 1. The lowest BCUT2D eigenvalue weighted by atomic mass is 9.71. The smallest absolute Gasteiger partial charge is 0.205 e. The van der Waals surface area contributed by atoms with Crippen molar-refractivity contribution >= 4 is 17.1 Å². The van der Waals surface area contributed by atoms with Crippen molar-refractivity contribution in [2.24, 2.45) is 11.1 Å². The minimum Gasteiger partial charge on any atom is -0.489 e. The molecule has 0 saturated carbocycles. The first-order valence-electron chi connectivity index (χ1n) is 10.00. The summed E-state index contributed by atoms with van der Waals surface area (Å²) in [5, 5.41) is 9.77. The Morgan fingerprint density at radius 1 is 1.32 bits per heavy atom. The molecule has 0 radical (unpaired) electrons. The average molecular weight is 439 g/mol. The van der Waals surface area contributed by atoms with Crippen molar-refractivity contribution in [3.05, 3.63) is 74.3 Å². The molecule has 0 saturated heterocycles. The third-order valence-corrected chi connectivity index (χ3v) is 6.77. The van der Waals surface area contributed by atoms with Crippen molar-refractivity contribution in [2.45, 2.75) is 46.1 Å². The maximum Gasteiger partial charge on any atom is 0.205 e. The van der Waals surface area contributed by atoms with E-state index in [1.807, 2.05) is 26.8 Å². The quantitative estimate of drug-likeness (QED) is 0.707. The summed E-state index contributed by atoms with van der Waals surface area (Å²) >= 11 is 1.51. The molecule has 1 aliphatic heterocycles. The van der Waals surface area contributed by atoms with E-state index < -0.39 is 5.92 Å². The van der Waals surface area contributed by atoms with Gasteiger partial charge in [0.15, 0.2) is 5.78 Å². The fourth-order valence-corrected chi connectivity index (χ4v) is 5.25. The molecule has 0 unspecified atom stereocenters. The van der Waals surface area contributed by atoms with Crippen LogP contribution in [-0.4, -0.2) is 5.78 Å². The summed E-state index contributed by atoms with van der Waals surface area (Å²) in [4.78, 5) is 14.9. The van der Waals surface area contributed by atoms with Gasteiger partial charge < -0.3 is 15.2 Å². The number of carbonyl (C=O) groups excluding carboxylic acids is 1. The maximum absolute atomic E-state index is 13.1. The summed E-state index contributed by atoms with van der Waals surface area (Å²) < 4.78 is 24.6. The first kappa shape index (κ1) is 21.1. The van der Waals surface area contributed by atoms with Crippen LogP contribution in [0.2, 0.25) is 0 Å². The van der Waals surface area contributed by atoms with Crippen molar-refractivity contribution in [3.63, 3.8) is 0 Å². The molecule has 0 bridgehead atoms. The number of aryl methyl sites for hydroxylation is 1. The number of ketones is 1. The molecule has 0 spiro atoms.